The summed E-state index contributed by atoms with van der Waals surface area (Å²) in [6.45, 7) is 3.95. The van der Waals surface area contributed by atoms with E-state index >= 15 is 0 Å². The Hall–Kier alpha value is -3.22. The first kappa shape index (κ1) is 15.3. The summed E-state index contributed by atoms with van der Waals surface area (Å²) >= 11 is 0. The van der Waals surface area contributed by atoms with Crippen molar-refractivity contribution >= 4 is 11.6 Å². The lowest BCUT2D eigenvalue weighted by atomic mass is 9.98. The van der Waals surface area contributed by atoms with Crippen LogP contribution in [-0.2, 0) is 5.54 Å². The minimum Gasteiger partial charge on any atom is -0.495 e. The highest BCUT2D eigenvalue weighted by molar-refractivity contribution is 6.11. The molecule has 1 N–H and O–H groups in total. The van der Waals surface area contributed by atoms with Crippen LogP contribution in [0.3, 0.4) is 0 Å². The maximum atomic E-state index is 12.9. The van der Waals surface area contributed by atoms with Gasteiger partial charge in [0.2, 0.25) is 0 Å². The number of anilines is 1. The molecule has 4 rings (SSSR count). The number of hydrogen-bond donors (Lipinski definition) is 1. The van der Waals surface area contributed by atoms with E-state index in [9.17, 15) is 4.79 Å². The van der Waals surface area contributed by atoms with Gasteiger partial charge in [-0.25, -0.2) is 4.98 Å². The number of nitrogens with one attached hydrogen (secondary N) is 1. The van der Waals surface area contributed by atoms with Crippen molar-refractivity contribution < 1.29 is 9.53 Å². The van der Waals surface area contributed by atoms with Crippen LogP contribution < -0.4 is 9.64 Å². The SMILES string of the molecule is COc1cncc(-c2ccc3c(n2)C(C)(C)N(c2cn[nH]c2)C3=O)c1. The summed E-state index contributed by atoms with van der Waals surface area (Å²) in [4.78, 5) is 23.5. The number of carbonyl (C=O) groups excluding carboxylic acids is 1. The molecule has 0 spiro atoms. The number of aromatic nitrogens is 4. The fourth-order valence-corrected chi connectivity index (χ4v) is 3.22. The molecule has 126 valence electrons. The van der Waals surface area contributed by atoms with Crippen molar-refractivity contribution in [2.24, 2.45) is 0 Å². The molecule has 0 unspecified atom stereocenters. The summed E-state index contributed by atoms with van der Waals surface area (Å²) in [6.07, 6.45) is 6.72. The summed E-state index contributed by atoms with van der Waals surface area (Å²) in [5.74, 6) is 0.583. The number of nitrogens with zero attached hydrogens (tertiary/aromatic N) is 4. The Morgan fingerprint density at radius 2 is 2.04 bits per heavy atom. The van der Waals surface area contributed by atoms with Gasteiger partial charge in [-0.15, -0.1) is 0 Å². The molecule has 1 aliphatic heterocycles. The zero-order chi connectivity index (χ0) is 17.6. The summed E-state index contributed by atoms with van der Waals surface area (Å²) in [7, 11) is 1.60. The van der Waals surface area contributed by atoms with Gasteiger partial charge in [0.1, 0.15) is 5.75 Å². The fraction of sp³-hybridized carbons (Fsp3) is 0.222. The van der Waals surface area contributed by atoms with E-state index in [-0.39, 0.29) is 5.91 Å². The third kappa shape index (κ3) is 2.27. The number of ether oxygens (including phenoxy) is 1. The molecule has 7 nitrogen and oxygen atoms in total. The van der Waals surface area contributed by atoms with E-state index in [1.807, 2.05) is 32.0 Å². The van der Waals surface area contributed by atoms with Crippen LogP contribution in [0.5, 0.6) is 5.75 Å². The van der Waals surface area contributed by atoms with Gasteiger partial charge in [-0.2, -0.15) is 5.10 Å². The molecule has 3 aromatic rings. The van der Waals surface area contributed by atoms with Crippen LogP contribution in [0.15, 0.2) is 43.0 Å². The van der Waals surface area contributed by atoms with Crippen LogP contribution >= 0.6 is 0 Å². The predicted octanol–water partition coefficient (Wildman–Crippen LogP) is 2.77. The quantitative estimate of drug-likeness (QED) is 0.795. The molecule has 0 fully saturated rings. The number of methoxy groups -OCH3 is 1. The van der Waals surface area contributed by atoms with Crippen molar-refractivity contribution in [1.82, 2.24) is 20.2 Å². The first-order chi connectivity index (χ1) is 12.0. The Balaban J connectivity index is 1.82. The lowest BCUT2D eigenvalue weighted by Crippen LogP contribution is -2.39. The van der Waals surface area contributed by atoms with Crippen LogP contribution in [0.25, 0.3) is 11.3 Å². The highest BCUT2D eigenvalue weighted by Crippen LogP contribution is 2.41. The molecule has 4 heterocycles. The second-order valence-corrected chi connectivity index (χ2v) is 6.36. The van der Waals surface area contributed by atoms with Gasteiger partial charge in [0.05, 0.1) is 47.7 Å². The summed E-state index contributed by atoms with van der Waals surface area (Å²) in [5.41, 5.74) is 3.06. The van der Waals surface area contributed by atoms with E-state index in [2.05, 4.69) is 15.2 Å². The highest BCUT2D eigenvalue weighted by atomic mass is 16.5. The van der Waals surface area contributed by atoms with Gasteiger partial charge in [-0.05, 0) is 32.0 Å². The highest BCUT2D eigenvalue weighted by Gasteiger charge is 2.45. The normalized spacial score (nSPS) is 15.3. The van der Waals surface area contributed by atoms with Crippen molar-refractivity contribution in [2.45, 2.75) is 19.4 Å². The minimum atomic E-state index is -0.585. The van der Waals surface area contributed by atoms with Crippen LogP contribution in [-0.4, -0.2) is 33.2 Å². The van der Waals surface area contributed by atoms with Gasteiger partial charge in [-0.3, -0.25) is 19.8 Å². The Bertz CT molecular complexity index is 950. The monoisotopic (exact) mass is 335 g/mol. The van der Waals surface area contributed by atoms with E-state index in [1.165, 1.54) is 0 Å². The van der Waals surface area contributed by atoms with E-state index < -0.39 is 5.54 Å². The first-order valence-corrected chi connectivity index (χ1v) is 7.86. The maximum Gasteiger partial charge on any atom is 0.261 e. The average Bonchev–Trinajstić information content (AvgIpc) is 3.20. The summed E-state index contributed by atoms with van der Waals surface area (Å²) in [6, 6.07) is 5.53. The fourth-order valence-electron chi connectivity index (χ4n) is 3.22. The zero-order valence-electron chi connectivity index (χ0n) is 14.1. The summed E-state index contributed by atoms with van der Waals surface area (Å²) < 4.78 is 5.23. The van der Waals surface area contributed by atoms with E-state index in [0.29, 0.717) is 11.3 Å². The second-order valence-electron chi connectivity index (χ2n) is 6.36. The number of rotatable bonds is 3. The Kier molecular flexibility index (Phi) is 3.31. The Labute approximate surface area is 144 Å². The molecule has 0 bridgehead atoms. The van der Waals surface area contributed by atoms with Gasteiger partial charge < -0.3 is 4.74 Å². The lowest BCUT2D eigenvalue weighted by molar-refractivity contribution is 0.0982. The third-order valence-corrected chi connectivity index (χ3v) is 4.45. The molecule has 0 aromatic carbocycles. The number of pyridine rings is 2. The molecule has 0 atom stereocenters. The predicted molar refractivity (Wildman–Crippen MR) is 92.4 cm³/mol. The molecule has 0 aliphatic carbocycles. The van der Waals surface area contributed by atoms with Gasteiger partial charge in [-0.1, -0.05) is 0 Å². The number of aromatic amines is 1. The van der Waals surface area contributed by atoms with E-state index in [1.54, 1.807) is 36.8 Å². The summed E-state index contributed by atoms with van der Waals surface area (Å²) in [5, 5.41) is 6.71. The van der Waals surface area contributed by atoms with Gasteiger partial charge in [0, 0.05) is 18.0 Å². The van der Waals surface area contributed by atoms with Gasteiger partial charge >= 0.3 is 0 Å². The first-order valence-electron chi connectivity index (χ1n) is 7.86. The van der Waals surface area contributed by atoms with Gasteiger partial charge in [0.15, 0.2) is 0 Å². The molecule has 7 heteroatoms. The van der Waals surface area contributed by atoms with Crippen LogP contribution in [0.4, 0.5) is 5.69 Å². The second kappa shape index (κ2) is 5.41. The van der Waals surface area contributed by atoms with Crippen LogP contribution in [0, 0.1) is 0 Å². The number of H-pyrrole nitrogens is 1. The van der Waals surface area contributed by atoms with Gasteiger partial charge in [0.25, 0.3) is 5.91 Å². The number of fused-ring (bicyclic) bond motifs is 1. The molecule has 1 aliphatic rings. The van der Waals surface area contributed by atoms with Crippen LogP contribution in [0.2, 0.25) is 0 Å². The Morgan fingerprint density at radius 1 is 1.20 bits per heavy atom. The Morgan fingerprint density at radius 3 is 2.76 bits per heavy atom. The van der Waals surface area contributed by atoms with Crippen molar-refractivity contribution in [2.75, 3.05) is 12.0 Å². The zero-order valence-corrected chi connectivity index (χ0v) is 14.1. The smallest absolute Gasteiger partial charge is 0.261 e. The molecule has 0 saturated carbocycles. The number of carbonyl (C=O) groups is 1. The largest absolute Gasteiger partial charge is 0.495 e. The lowest BCUT2D eigenvalue weighted by Gasteiger charge is -2.30. The molecule has 3 aromatic heterocycles. The molecule has 1 amide bonds. The molecular weight excluding hydrogens is 318 g/mol. The average molecular weight is 335 g/mol. The molecule has 0 saturated heterocycles. The maximum absolute atomic E-state index is 12.9. The topological polar surface area (TPSA) is 84.0 Å². The van der Waals surface area contributed by atoms with Crippen molar-refractivity contribution in [3.05, 3.63) is 54.2 Å². The van der Waals surface area contributed by atoms with E-state index in [0.717, 1.165) is 22.6 Å². The van der Waals surface area contributed by atoms with Crippen molar-refractivity contribution in [1.29, 1.82) is 0 Å². The van der Waals surface area contributed by atoms with Crippen molar-refractivity contribution in [3.8, 4) is 17.0 Å². The van der Waals surface area contributed by atoms with Crippen molar-refractivity contribution in [3.63, 3.8) is 0 Å². The van der Waals surface area contributed by atoms with E-state index in [4.69, 9.17) is 9.72 Å². The molecular formula is C18H17N5O2. The third-order valence-electron chi connectivity index (χ3n) is 4.45. The minimum absolute atomic E-state index is 0.0794. The molecule has 0 radical (unpaired) electrons. The number of hydrogen-bond acceptors (Lipinski definition) is 5. The standard InChI is InChI=1S/C18H17N5O2/c1-18(2)16-14(17(24)23(18)12-8-20-21-9-12)4-5-15(22-16)11-6-13(25-3)10-19-7-11/h4-10H,1-3H3,(H,20,21). The molecule has 25 heavy (non-hydrogen) atoms. The number of amides is 1. The van der Waals surface area contributed by atoms with Crippen LogP contribution in [0.1, 0.15) is 29.9 Å².